The largest absolute Gasteiger partial charge is 0.462 e. The zero-order valence-corrected chi connectivity index (χ0v) is 14.3. The molecule has 1 aromatic carbocycles. The van der Waals surface area contributed by atoms with Crippen LogP contribution in [0.15, 0.2) is 49.6 Å². The maximum atomic E-state index is 11.1. The molecule has 0 spiro atoms. The van der Waals surface area contributed by atoms with Crippen LogP contribution in [0.4, 0.5) is 0 Å². The maximum Gasteiger partial charge on any atom is 0.333 e. The molecule has 0 heterocycles. The van der Waals surface area contributed by atoms with Gasteiger partial charge in [0, 0.05) is 12.2 Å². The zero-order valence-electron chi connectivity index (χ0n) is 14.3. The Kier molecular flexibility index (Phi) is 7.26. The number of benzene rings is 1. The Morgan fingerprint density at radius 3 is 2.16 bits per heavy atom. The second-order valence-corrected chi connectivity index (χ2v) is 6.05. The van der Waals surface area contributed by atoms with E-state index in [9.17, 15) is 9.59 Å². The molecule has 1 aromatic rings. The molecule has 5 heteroatoms. The summed E-state index contributed by atoms with van der Waals surface area (Å²) in [6.07, 6.45) is 6.55. The number of ether oxygens (including phenoxy) is 3. The van der Waals surface area contributed by atoms with E-state index in [2.05, 4.69) is 13.2 Å². The molecule has 0 bridgehead atoms. The fourth-order valence-electron chi connectivity index (χ4n) is 2.97. The molecule has 1 saturated carbocycles. The third kappa shape index (κ3) is 6.10. The third-order valence-corrected chi connectivity index (χ3v) is 4.42. The lowest BCUT2D eigenvalue weighted by Crippen LogP contribution is -2.19. The van der Waals surface area contributed by atoms with E-state index in [1.807, 2.05) is 24.3 Å². The van der Waals surface area contributed by atoms with Crippen molar-refractivity contribution in [3.63, 3.8) is 0 Å². The first-order chi connectivity index (χ1) is 12.1. The van der Waals surface area contributed by atoms with E-state index < -0.39 is 5.97 Å². The lowest BCUT2D eigenvalue weighted by molar-refractivity contribution is -0.144. The molecule has 0 N–H and O–H groups in total. The number of carbonyl (C=O) groups is 2. The van der Waals surface area contributed by atoms with Crippen LogP contribution in [-0.2, 0) is 19.1 Å². The van der Waals surface area contributed by atoms with Crippen LogP contribution in [0.1, 0.15) is 37.2 Å². The molecule has 25 heavy (non-hydrogen) atoms. The first-order valence-electron chi connectivity index (χ1n) is 8.43. The van der Waals surface area contributed by atoms with Gasteiger partial charge in [-0.1, -0.05) is 25.3 Å². The van der Waals surface area contributed by atoms with Crippen molar-refractivity contribution in [1.82, 2.24) is 0 Å². The van der Waals surface area contributed by atoms with Crippen molar-refractivity contribution in [3.8, 4) is 5.75 Å². The molecule has 0 aliphatic heterocycles. The predicted molar refractivity (Wildman–Crippen MR) is 94.1 cm³/mol. The Morgan fingerprint density at radius 2 is 1.56 bits per heavy atom. The van der Waals surface area contributed by atoms with Crippen molar-refractivity contribution in [2.24, 2.45) is 5.92 Å². The van der Waals surface area contributed by atoms with Gasteiger partial charge in [-0.3, -0.25) is 0 Å². The molecule has 5 nitrogen and oxygen atoms in total. The summed E-state index contributed by atoms with van der Waals surface area (Å²) in [5, 5.41) is 0. The molecule has 0 radical (unpaired) electrons. The molecule has 0 saturated heterocycles. The molecule has 134 valence electrons. The minimum Gasteiger partial charge on any atom is -0.462 e. The van der Waals surface area contributed by atoms with E-state index in [4.69, 9.17) is 14.2 Å². The van der Waals surface area contributed by atoms with Gasteiger partial charge >= 0.3 is 11.9 Å². The van der Waals surface area contributed by atoms with E-state index in [0.717, 1.165) is 31.8 Å². The Morgan fingerprint density at radius 1 is 0.960 bits per heavy atom. The second-order valence-electron chi connectivity index (χ2n) is 6.05. The summed E-state index contributed by atoms with van der Waals surface area (Å²) in [6, 6.07) is 7.87. The topological polar surface area (TPSA) is 61.8 Å². The highest BCUT2D eigenvalue weighted by Gasteiger charge is 2.23. The zero-order chi connectivity index (χ0) is 18.1. The lowest BCUT2D eigenvalue weighted by Gasteiger charge is -2.28. The van der Waals surface area contributed by atoms with Gasteiger partial charge in [-0.15, -0.1) is 0 Å². The average molecular weight is 344 g/mol. The molecule has 0 unspecified atom stereocenters. The quantitative estimate of drug-likeness (QED) is 0.408. The summed E-state index contributed by atoms with van der Waals surface area (Å²) in [7, 11) is 0. The normalized spacial score (nSPS) is 19.5. The molecule has 0 amide bonds. The van der Waals surface area contributed by atoms with E-state index in [1.165, 1.54) is 11.6 Å². The molecular weight excluding hydrogens is 320 g/mol. The Bertz CT molecular complexity index is 597. The highest BCUT2D eigenvalue weighted by molar-refractivity contribution is 5.81. The van der Waals surface area contributed by atoms with E-state index in [1.54, 1.807) is 0 Å². The van der Waals surface area contributed by atoms with Crippen LogP contribution in [0.3, 0.4) is 0 Å². The fraction of sp³-hybridized carbons (Fsp3) is 0.400. The summed E-state index contributed by atoms with van der Waals surface area (Å²) >= 11 is 0. The number of rotatable bonds is 8. The predicted octanol–water partition coefficient (Wildman–Crippen LogP) is 3.76. The number of hydrogen-bond acceptors (Lipinski definition) is 5. The van der Waals surface area contributed by atoms with Crippen molar-refractivity contribution < 1.29 is 23.8 Å². The smallest absolute Gasteiger partial charge is 0.333 e. The average Bonchev–Trinajstić information content (AvgIpc) is 2.67. The van der Waals surface area contributed by atoms with Gasteiger partial charge in [0.05, 0.1) is 6.61 Å². The van der Waals surface area contributed by atoms with Crippen LogP contribution < -0.4 is 4.74 Å². The van der Waals surface area contributed by atoms with Gasteiger partial charge in [0.1, 0.15) is 5.75 Å². The SMILES string of the molecule is C=CC(=O)OCOc1ccc(C2CCC(COC(=O)C=C)CC2)cc1. The standard InChI is InChI=1S/C20H24O5/c1-3-19(21)23-13-15-5-7-16(8-6-15)17-9-11-18(12-10-17)24-14-25-20(22)4-2/h3-4,9-12,15-16H,1-2,5-8,13-14H2. The van der Waals surface area contributed by atoms with Crippen molar-refractivity contribution >= 4 is 11.9 Å². The number of esters is 2. The van der Waals surface area contributed by atoms with Crippen molar-refractivity contribution in [3.05, 3.63) is 55.1 Å². The van der Waals surface area contributed by atoms with Gasteiger partial charge in [0.2, 0.25) is 6.79 Å². The monoisotopic (exact) mass is 344 g/mol. The summed E-state index contributed by atoms with van der Waals surface area (Å²) in [5.41, 5.74) is 1.27. The van der Waals surface area contributed by atoms with Crippen LogP contribution >= 0.6 is 0 Å². The van der Waals surface area contributed by atoms with Gasteiger partial charge in [0.25, 0.3) is 0 Å². The molecule has 0 atom stereocenters. The summed E-state index contributed by atoms with van der Waals surface area (Å²) < 4.78 is 15.3. The molecule has 1 aliphatic carbocycles. The Balaban J connectivity index is 1.75. The van der Waals surface area contributed by atoms with Crippen molar-refractivity contribution in [2.75, 3.05) is 13.4 Å². The maximum absolute atomic E-state index is 11.1. The molecule has 1 fully saturated rings. The number of carbonyl (C=O) groups excluding carboxylic acids is 2. The highest BCUT2D eigenvalue weighted by atomic mass is 16.7. The minimum absolute atomic E-state index is 0.126. The van der Waals surface area contributed by atoms with E-state index in [-0.39, 0.29) is 12.8 Å². The van der Waals surface area contributed by atoms with Gasteiger partial charge in [-0.05, 0) is 55.2 Å². The van der Waals surface area contributed by atoms with Crippen LogP contribution in [0.2, 0.25) is 0 Å². The third-order valence-electron chi connectivity index (χ3n) is 4.42. The van der Waals surface area contributed by atoms with Crippen LogP contribution in [0.5, 0.6) is 5.75 Å². The van der Waals surface area contributed by atoms with E-state index in [0.29, 0.717) is 24.2 Å². The molecule has 0 aromatic heterocycles. The number of hydrogen-bond donors (Lipinski definition) is 0. The highest BCUT2D eigenvalue weighted by Crippen LogP contribution is 2.36. The summed E-state index contributed by atoms with van der Waals surface area (Å²) in [4.78, 5) is 22.1. The molecule has 2 rings (SSSR count). The fourth-order valence-corrected chi connectivity index (χ4v) is 2.97. The molecule has 1 aliphatic rings. The van der Waals surface area contributed by atoms with Gasteiger partial charge in [0.15, 0.2) is 0 Å². The van der Waals surface area contributed by atoms with Gasteiger partial charge in [-0.2, -0.15) is 0 Å². The first-order valence-corrected chi connectivity index (χ1v) is 8.43. The van der Waals surface area contributed by atoms with Crippen LogP contribution in [-0.4, -0.2) is 25.3 Å². The minimum atomic E-state index is -0.507. The van der Waals surface area contributed by atoms with Gasteiger partial charge in [-0.25, -0.2) is 9.59 Å². The van der Waals surface area contributed by atoms with Crippen molar-refractivity contribution in [2.45, 2.75) is 31.6 Å². The van der Waals surface area contributed by atoms with Crippen molar-refractivity contribution in [1.29, 1.82) is 0 Å². The van der Waals surface area contributed by atoms with Gasteiger partial charge < -0.3 is 14.2 Å². The Labute approximate surface area is 148 Å². The summed E-state index contributed by atoms with van der Waals surface area (Å²) in [6.45, 7) is 7.08. The summed E-state index contributed by atoms with van der Waals surface area (Å²) in [5.74, 6) is 0.746. The second kappa shape index (κ2) is 9.67. The van der Waals surface area contributed by atoms with Crippen LogP contribution in [0, 0.1) is 5.92 Å². The Hall–Kier alpha value is -2.56. The molecular formula is C20H24O5. The van der Waals surface area contributed by atoms with E-state index >= 15 is 0 Å². The van der Waals surface area contributed by atoms with Crippen LogP contribution in [0.25, 0.3) is 0 Å². The lowest BCUT2D eigenvalue weighted by atomic mass is 9.79. The first kappa shape index (κ1) is 18.8.